The number of furan rings is 1. The van der Waals surface area contributed by atoms with Gasteiger partial charge >= 0.3 is 0 Å². The fourth-order valence-electron chi connectivity index (χ4n) is 6.88. The Bertz CT molecular complexity index is 2730. The molecule has 9 rings (SSSR count). The molecule has 0 amide bonds. The molecule has 0 aliphatic heterocycles. The van der Waals surface area contributed by atoms with Crippen LogP contribution in [0.4, 0.5) is 0 Å². The number of hydrogen-bond acceptors (Lipinski definition) is 1. The van der Waals surface area contributed by atoms with E-state index in [2.05, 4.69) is 97.1 Å². The van der Waals surface area contributed by atoms with Crippen molar-refractivity contribution in [1.82, 2.24) is 0 Å². The van der Waals surface area contributed by atoms with Gasteiger partial charge in [0, 0.05) is 16.3 Å². The number of fused-ring (bicyclic) bond motifs is 5. The molecule has 1 nitrogen and oxygen atoms in total. The van der Waals surface area contributed by atoms with Crippen LogP contribution in [-0.4, -0.2) is 0 Å². The van der Waals surface area contributed by atoms with Gasteiger partial charge in [0.05, 0.1) is 6.85 Å². The number of hydrogen-bond donors (Lipinski definition) is 0. The molecular weight excluding hydrogens is 544 g/mol. The normalized spacial score (nSPS) is 13.1. The molecule has 0 N–H and O–H groups in total. The zero-order valence-corrected chi connectivity index (χ0v) is 24.2. The SMILES string of the molecule is [2H]c1c([2H])c([2H])c(-c2cccc(-c3c4ccccc4c(-c4ccc5oc6ccccc6c5c4-c4ccccc4)c4ccccc34)c2)c([2H])c1[2H]. The summed E-state index contributed by atoms with van der Waals surface area (Å²) in [5, 5.41) is 6.41. The van der Waals surface area contributed by atoms with Gasteiger partial charge in [-0.3, -0.25) is 0 Å². The summed E-state index contributed by atoms with van der Waals surface area (Å²) in [6.07, 6.45) is 0. The van der Waals surface area contributed by atoms with Crippen LogP contribution in [0, 0.1) is 0 Å². The Labute approximate surface area is 268 Å². The van der Waals surface area contributed by atoms with Crippen LogP contribution in [0.15, 0.2) is 174 Å². The largest absolute Gasteiger partial charge is 0.456 e. The Morgan fingerprint density at radius 2 is 0.956 bits per heavy atom. The zero-order valence-electron chi connectivity index (χ0n) is 29.2. The summed E-state index contributed by atoms with van der Waals surface area (Å²) >= 11 is 0. The molecule has 8 aromatic carbocycles. The van der Waals surface area contributed by atoms with Crippen LogP contribution in [0.2, 0.25) is 0 Å². The van der Waals surface area contributed by atoms with E-state index in [-0.39, 0.29) is 29.7 Å². The first-order valence-corrected chi connectivity index (χ1v) is 15.0. The molecule has 9 aromatic rings. The van der Waals surface area contributed by atoms with Gasteiger partial charge in [-0.05, 0) is 84.8 Å². The van der Waals surface area contributed by atoms with Gasteiger partial charge in [0.1, 0.15) is 11.2 Å². The summed E-state index contributed by atoms with van der Waals surface area (Å²) < 4.78 is 48.3. The Balaban J connectivity index is 1.38. The third kappa shape index (κ3) is 4.09. The Morgan fingerprint density at radius 3 is 1.67 bits per heavy atom. The first-order valence-electron chi connectivity index (χ1n) is 17.5. The fourth-order valence-corrected chi connectivity index (χ4v) is 6.88. The molecule has 0 bridgehead atoms. The molecule has 0 fully saturated rings. The van der Waals surface area contributed by atoms with E-state index in [0.717, 1.165) is 76.9 Å². The molecule has 210 valence electrons. The second-order valence-corrected chi connectivity index (χ2v) is 11.2. The van der Waals surface area contributed by atoms with Gasteiger partial charge in [0.2, 0.25) is 0 Å². The van der Waals surface area contributed by atoms with Gasteiger partial charge in [-0.15, -0.1) is 0 Å². The highest BCUT2D eigenvalue weighted by molar-refractivity contribution is 6.25. The maximum atomic E-state index is 8.64. The van der Waals surface area contributed by atoms with E-state index in [9.17, 15) is 0 Å². The lowest BCUT2D eigenvalue weighted by atomic mass is 9.82. The lowest BCUT2D eigenvalue weighted by molar-refractivity contribution is 0.669. The quantitative estimate of drug-likeness (QED) is 0.190. The number of rotatable bonds is 4. The second-order valence-electron chi connectivity index (χ2n) is 11.2. The van der Waals surface area contributed by atoms with Gasteiger partial charge in [-0.1, -0.05) is 145 Å². The third-order valence-electron chi connectivity index (χ3n) is 8.75. The molecule has 0 spiro atoms. The Morgan fingerprint density at radius 1 is 0.378 bits per heavy atom. The smallest absolute Gasteiger partial charge is 0.136 e. The summed E-state index contributed by atoms with van der Waals surface area (Å²) in [5.41, 5.74) is 8.79. The van der Waals surface area contributed by atoms with E-state index >= 15 is 0 Å². The van der Waals surface area contributed by atoms with Crippen molar-refractivity contribution >= 4 is 43.5 Å². The molecule has 0 saturated heterocycles. The first kappa shape index (κ1) is 20.9. The van der Waals surface area contributed by atoms with Crippen LogP contribution in [0.3, 0.4) is 0 Å². The minimum absolute atomic E-state index is 0.191. The van der Waals surface area contributed by atoms with Crippen molar-refractivity contribution in [1.29, 1.82) is 0 Å². The maximum absolute atomic E-state index is 8.64. The van der Waals surface area contributed by atoms with Crippen molar-refractivity contribution in [2.45, 2.75) is 0 Å². The van der Waals surface area contributed by atoms with Crippen molar-refractivity contribution in [3.8, 4) is 44.5 Å². The molecule has 0 radical (unpaired) electrons. The predicted molar refractivity (Wildman–Crippen MR) is 190 cm³/mol. The van der Waals surface area contributed by atoms with Crippen molar-refractivity contribution in [3.63, 3.8) is 0 Å². The molecule has 0 atom stereocenters. The van der Waals surface area contributed by atoms with Crippen LogP contribution in [0.25, 0.3) is 88.0 Å². The van der Waals surface area contributed by atoms with Crippen molar-refractivity contribution in [2.75, 3.05) is 0 Å². The van der Waals surface area contributed by atoms with E-state index in [1.807, 2.05) is 42.5 Å². The highest BCUT2D eigenvalue weighted by Crippen LogP contribution is 2.49. The highest BCUT2D eigenvalue weighted by Gasteiger charge is 2.22. The summed E-state index contributed by atoms with van der Waals surface area (Å²) in [5.74, 6) is 0. The van der Waals surface area contributed by atoms with Gasteiger partial charge in [0.15, 0.2) is 0 Å². The van der Waals surface area contributed by atoms with Gasteiger partial charge in [-0.2, -0.15) is 0 Å². The van der Waals surface area contributed by atoms with Crippen LogP contribution in [-0.2, 0) is 0 Å². The number of benzene rings is 8. The minimum atomic E-state index is -0.399. The summed E-state index contributed by atoms with van der Waals surface area (Å²) in [6, 6.07) is 46.0. The van der Waals surface area contributed by atoms with Crippen LogP contribution in [0.1, 0.15) is 6.85 Å². The third-order valence-corrected chi connectivity index (χ3v) is 8.75. The standard InChI is InChI=1S/C44H28O/c1-3-14-29(15-4-1)31-18-13-19-32(28-31)41-33-20-7-9-22-35(33)43(36-23-10-8-21-34(36)41)38-26-27-40-44(37-24-11-12-25-39(37)45-40)42(38)30-16-5-2-6-17-30/h1-28H/i1D,3D,4D,14D,15D. The van der Waals surface area contributed by atoms with E-state index < -0.39 is 6.04 Å². The molecule has 45 heavy (non-hydrogen) atoms. The second kappa shape index (κ2) is 10.4. The highest BCUT2D eigenvalue weighted by atomic mass is 16.3. The van der Waals surface area contributed by atoms with Crippen LogP contribution in [0.5, 0.6) is 0 Å². The van der Waals surface area contributed by atoms with Crippen LogP contribution >= 0.6 is 0 Å². The van der Waals surface area contributed by atoms with Gasteiger partial charge in [-0.25, -0.2) is 0 Å². The summed E-state index contributed by atoms with van der Waals surface area (Å²) in [7, 11) is 0. The predicted octanol–water partition coefficient (Wildman–Crippen LogP) is 12.6. The summed E-state index contributed by atoms with van der Waals surface area (Å²) in [4.78, 5) is 0. The van der Waals surface area contributed by atoms with Crippen molar-refractivity contribution in [3.05, 3.63) is 170 Å². The van der Waals surface area contributed by atoms with Crippen molar-refractivity contribution < 1.29 is 11.3 Å². The molecule has 1 aromatic heterocycles. The first-order chi connectivity index (χ1) is 24.4. The van der Waals surface area contributed by atoms with Crippen molar-refractivity contribution in [2.24, 2.45) is 0 Å². The molecule has 0 unspecified atom stereocenters. The Kier molecular flexibility index (Phi) is 4.81. The lowest BCUT2D eigenvalue weighted by Crippen LogP contribution is -1.93. The zero-order chi connectivity index (χ0) is 34.1. The van der Waals surface area contributed by atoms with E-state index in [0.29, 0.717) is 5.56 Å². The average molecular weight is 578 g/mol. The lowest BCUT2D eigenvalue weighted by Gasteiger charge is -2.20. The topological polar surface area (TPSA) is 13.1 Å². The van der Waals surface area contributed by atoms with E-state index in [1.165, 1.54) is 0 Å². The number of para-hydroxylation sites is 1. The maximum Gasteiger partial charge on any atom is 0.136 e. The molecule has 0 aliphatic rings. The minimum Gasteiger partial charge on any atom is -0.456 e. The van der Waals surface area contributed by atoms with E-state index in [1.54, 1.807) is 0 Å². The summed E-state index contributed by atoms with van der Waals surface area (Å²) in [6.45, 7) is 0. The van der Waals surface area contributed by atoms with E-state index in [4.69, 9.17) is 11.3 Å². The molecule has 0 saturated carbocycles. The fraction of sp³-hybridized carbons (Fsp3) is 0. The van der Waals surface area contributed by atoms with Gasteiger partial charge < -0.3 is 4.42 Å². The molecule has 1 heterocycles. The molecular formula is C44H28O. The average Bonchev–Trinajstić information content (AvgIpc) is 3.54. The molecule has 0 aliphatic carbocycles. The van der Waals surface area contributed by atoms with Gasteiger partial charge in [0.25, 0.3) is 0 Å². The molecule has 1 heteroatoms. The monoisotopic (exact) mass is 577 g/mol. The van der Waals surface area contributed by atoms with Crippen LogP contribution < -0.4 is 0 Å². The Hall–Kier alpha value is -5.92.